The lowest BCUT2D eigenvalue weighted by atomic mass is 10.1. The number of aryl methyl sites for hydroxylation is 1. The molecule has 1 N–H and O–H groups in total. The Morgan fingerprint density at radius 2 is 1.98 bits per heavy atom. The van der Waals surface area contributed by atoms with Crippen LogP contribution in [0.15, 0.2) is 24.3 Å². The topological polar surface area (TPSA) is 117 Å². The van der Waals surface area contributed by atoms with Crippen molar-refractivity contribution in [2.75, 3.05) is 56.1 Å². The first kappa shape index (κ1) is 27.2. The summed E-state index contributed by atoms with van der Waals surface area (Å²) < 4.78 is 15.4. The summed E-state index contributed by atoms with van der Waals surface area (Å²) in [5.41, 5.74) is 2.10. The minimum Gasteiger partial charge on any atom is -0.389 e. The molecule has 4 aromatic rings. The molecular formula is C28H30FN9O2S2. The Kier molecular flexibility index (Phi) is 6.85. The first-order chi connectivity index (χ1) is 20.3. The molecule has 2 unspecified atom stereocenters. The zero-order valence-electron chi connectivity index (χ0n) is 23.3. The number of benzene rings is 1. The van der Waals surface area contributed by atoms with Crippen LogP contribution in [-0.4, -0.2) is 98.9 Å². The van der Waals surface area contributed by atoms with Crippen molar-refractivity contribution in [3.63, 3.8) is 0 Å². The van der Waals surface area contributed by atoms with Gasteiger partial charge >= 0.3 is 0 Å². The SMILES string of the molecule is CCc1nc2sc(N3CC4CCN(CC(=O)N5CC(O)C5)C4C3)nn2c1N(C)c1nc(-c2ccc(F)cc2)c(C#N)s1. The lowest BCUT2D eigenvalue weighted by Gasteiger charge is -2.37. The number of rotatable bonds is 7. The number of fused-ring (bicyclic) bond motifs is 2. The fourth-order valence-corrected chi connectivity index (χ4v) is 8.01. The highest BCUT2D eigenvalue weighted by atomic mass is 32.1. The number of carbonyl (C=O) groups is 1. The zero-order chi connectivity index (χ0) is 29.1. The Balaban J connectivity index is 1.13. The summed E-state index contributed by atoms with van der Waals surface area (Å²) in [5.74, 6) is 1.04. The number of amides is 1. The molecule has 11 nitrogen and oxygen atoms in total. The van der Waals surface area contributed by atoms with Gasteiger partial charge in [-0.05, 0) is 49.6 Å². The summed E-state index contributed by atoms with van der Waals surface area (Å²) in [6.07, 6.45) is 1.37. The molecule has 0 bridgehead atoms. The number of halogens is 1. The molecule has 7 rings (SSSR count). The quantitative estimate of drug-likeness (QED) is 0.338. The molecule has 3 aromatic heterocycles. The van der Waals surface area contributed by atoms with Crippen molar-refractivity contribution < 1.29 is 14.3 Å². The van der Waals surface area contributed by atoms with E-state index in [2.05, 4.69) is 22.8 Å². The Morgan fingerprint density at radius 1 is 1.19 bits per heavy atom. The lowest BCUT2D eigenvalue weighted by Crippen LogP contribution is -2.56. The second kappa shape index (κ2) is 10.6. The number of imidazole rings is 1. The number of aliphatic hydroxyl groups is 1. The van der Waals surface area contributed by atoms with Gasteiger partial charge in [-0.2, -0.15) is 9.78 Å². The smallest absolute Gasteiger partial charge is 0.236 e. The summed E-state index contributed by atoms with van der Waals surface area (Å²) in [6.45, 7) is 5.94. The largest absolute Gasteiger partial charge is 0.389 e. The van der Waals surface area contributed by atoms with Gasteiger partial charge in [0, 0.05) is 44.8 Å². The maximum atomic E-state index is 13.5. The van der Waals surface area contributed by atoms with E-state index in [4.69, 9.17) is 15.1 Å². The van der Waals surface area contributed by atoms with Crippen LogP contribution in [0.25, 0.3) is 16.2 Å². The van der Waals surface area contributed by atoms with Gasteiger partial charge in [0.15, 0.2) is 10.9 Å². The van der Waals surface area contributed by atoms with Crippen LogP contribution in [0.2, 0.25) is 0 Å². The molecule has 3 aliphatic heterocycles. The molecule has 218 valence electrons. The molecule has 0 saturated carbocycles. The van der Waals surface area contributed by atoms with E-state index < -0.39 is 0 Å². The van der Waals surface area contributed by atoms with Crippen molar-refractivity contribution in [2.24, 2.45) is 5.92 Å². The van der Waals surface area contributed by atoms with E-state index >= 15 is 0 Å². The second-order valence-corrected chi connectivity index (χ2v) is 13.0. The zero-order valence-corrected chi connectivity index (χ0v) is 24.9. The van der Waals surface area contributed by atoms with E-state index in [9.17, 15) is 19.6 Å². The van der Waals surface area contributed by atoms with Crippen molar-refractivity contribution >= 4 is 49.6 Å². The molecule has 3 aliphatic rings. The molecule has 0 radical (unpaired) electrons. The van der Waals surface area contributed by atoms with Crippen LogP contribution in [0.3, 0.4) is 0 Å². The number of hydrogen-bond donors (Lipinski definition) is 1. The van der Waals surface area contributed by atoms with Crippen LogP contribution in [-0.2, 0) is 11.2 Å². The van der Waals surface area contributed by atoms with Gasteiger partial charge in [-0.3, -0.25) is 9.69 Å². The fourth-order valence-electron chi connectivity index (χ4n) is 6.23. The maximum absolute atomic E-state index is 13.5. The first-order valence-electron chi connectivity index (χ1n) is 14.1. The third-order valence-corrected chi connectivity index (χ3v) is 10.5. The Hall–Kier alpha value is -3.64. The standard InChI is InChI=1S/C28H30FN9O2S2/c1-3-20-25(34(2)26-32-24(22(10-30)41-26)16-4-6-18(29)7-5-16)38-27(31-20)42-28(33-38)37-11-17-8-9-35(21(17)14-37)15-23(40)36-12-19(39)13-36/h4-7,17,19,21,39H,3,8-9,11-15H2,1-2H3. The normalized spacial score (nSPS) is 20.7. The number of carbonyl (C=O) groups excluding carboxylic acids is 1. The third kappa shape index (κ3) is 4.60. The minimum absolute atomic E-state index is 0.0937. The molecule has 42 heavy (non-hydrogen) atoms. The van der Waals surface area contributed by atoms with Crippen molar-refractivity contribution in [1.29, 1.82) is 5.26 Å². The third-order valence-electron chi connectivity index (χ3n) is 8.50. The van der Waals surface area contributed by atoms with Gasteiger partial charge in [0.2, 0.25) is 16.0 Å². The predicted octanol–water partition coefficient (Wildman–Crippen LogP) is 2.97. The molecule has 6 heterocycles. The fraction of sp³-hybridized carbons (Fsp3) is 0.464. The van der Waals surface area contributed by atoms with E-state index in [0.717, 1.165) is 47.7 Å². The van der Waals surface area contributed by atoms with Crippen LogP contribution < -0.4 is 9.80 Å². The number of hydrogen-bond acceptors (Lipinski definition) is 11. The van der Waals surface area contributed by atoms with Crippen molar-refractivity contribution in [2.45, 2.75) is 31.9 Å². The van der Waals surface area contributed by atoms with E-state index in [-0.39, 0.29) is 17.8 Å². The molecule has 1 aromatic carbocycles. The predicted molar refractivity (Wildman–Crippen MR) is 159 cm³/mol. The summed E-state index contributed by atoms with van der Waals surface area (Å²) in [7, 11) is 1.91. The van der Waals surface area contributed by atoms with Crippen LogP contribution in [0.1, 0.15) is 23.9 Å². The van der Waals surface area contributed by atoms with Gasteiger partial charge in [0.05, 0.1) is 18.3 Å². The second-order valence-electron chi connectivity index (χ2n) is 11.1. The van der Waals surface area contributed by atoms with Crippen LogP contribution in [0.5, 0.6) is 0 Å². The molecule has 14 heteroatoms. The van der Waals surface area contributed by atoms with Gasteiger partial charge in [-0.15, -0.1) is 5.10 Å². The summed E-state index contributed by atoms with van der Waals surface area (Å²) in [4.78, 5) is 31.8. The van der Waals surface area contributed by atoms with Gasteiger partial charge in [0.25, 0.3) is 0 Å². The number of nitrogens with zero attached hydrogens (tertiary/aromatic N) is 9. The van der Waals surface area contributed by atoms with E-state index in [1.165, 1.54) is 23.5 Å². The molecule has 0 aliphatic carbocycles. The number of likely N-dealkylation sites (tertiary alicyclic amines) is 2. The molecule has 3 saturated heterocycles. The highest BCUT2D eigenvalue weighted by Gasteiger charge is 2.44. The van der Waals surface area contributed by atoms with Crippen molar-refractivity contribution in [3.05, 3.63) is 40.7 Å². The van der Waals surface area contributed by atoms with Gasteiger partial charge in [-0.1, -0.05) is 29.6 Å². The minimum atomic E-state index is -0.385. The Labute approximate surface area is 250 Å². The molecule has 3 fully saturated rings. The van der Waals surface area contributed by atoms with Crippen molar-refractivity contribution in [1.82, 2.24) is 29.4 Å². The van der Waals surface area contributed by atoms with Gasteiger partial charge in [0.1, 0.15) is 22.5 Å². The van der Waals surface area contributed by atoms with E-state index in [1.807, 2.05) is 16.5 Å². The Morgan fingerprint density at radius 3 is 2.69 bits per heavy atom. The number of β-amino-alcohol motifs (C(OH)–C–C–N with tert-alkyl or cyclic N) is 1. The maximum Gasteiger partial charge on any atom is 0.236 e. The number of thiazole rings is 1. The molecule has 2 atom stereocenters. The molecular weight excluding hydrogens is 578 g/mol. The Bertz CT molecular complexity index is 1690. The van der Waals surface area contributed by atoms with Gasteiger partial charge in [-0.25, -0.2) is 14.4 Å². The first-order valence-corrected chi connectivity index (χ1v) is 15.7. The number of nitriles is 1. The van der Waals surface area contributed by atoms with Crippen LogP contribution in [0, 0.1) is 23.1 Å². The average molecular weight is 608 g/mol. The number of aromatic nitrogens is 4. The number of anilines is 3. The van der Waals surface area contributed by atoms with Crippen molar-refractivity contribution in [3.8, 4) is 17.3 Å². The lowest BCUT2D eigenvalue weighted by molar-refractivity contribution is -0.142. The summed E-state index contributed by atoms with van der Waals surface area (Å²) >= 11 is 2.84. The monoisotopic (exact) mass is 607 g/mol. The van der Waals surface area contributed by atoms with Gasteiger partial charge < -0.3 is 19.8 Å². The summed E-state index contributed by atoms with van der Waals surface area (Å²) in [5, 5.41) is 25.9. The highest BCUT2D eigenvalue weighted by Crippen LogP contribution is 2.40. The van der Waals surface area contributed by atoms with Crippen LogP contribution >= 0.6 is 22.7 Å². The highest BCUT2D eigenvalue weighted by molar-refractivity contribution is 7.20. The van der Waals surface area contributed by atoms with Crippen LogP contribution in [0.4, 0.5) is 20.5 Å². The molecule has 0 spiro atoms. The summed E-state index contributed by atoms with van der Waals surface area (Å²) in [6, 6.07) is 8.54. The molecule has 1 amide bonds. The average Bonchev–Trinajstić information content (AvgIpc) is 3.77. The van der Waals surface area contributed by atoms with E-state index in [0.29, 0.717) is 59.3 Å². The van der Waals surface area contributed by atoms with E-state index in [1.54, 1.807) is 28.4 Å². The number of aliphatic hydroxyl groups excluding tert-OH is 1.